The third-order valence-electron chi connectivity index (χ3n) is 4.43. The number of hydrogen-bond acceptors (Lipinski definition) is 5. The monoisotopic (exact) mass is 366 g/mol. The maximum absolute atomic E-state index is 13.0. The summed E-state index contributed by atoms with van der Waals surface area (Å²) in [5, 5.41) is 0.618. The first kappa shape index (κ1) is 18.6. The fourth-order valence-corrected chi connectivity index (χ4v) is 2.85. The highest BCUT2D eigenvalue weighted by Crippen LogP contribution is 2.34. The minimum atomic E-state index is -4.27. The van der Waals surface area contributed by atoms with Gasteiger partial charge in [-0.2, -0.15) is 18.2 Å². The first-order valence-corrected chi connectivity index (χ1v) is 8.48. The molecule has 0 saturated carbocycles. The Hall–Kier alpha value is -2.22. The van der Waals surface area contributed by atoms with Crippen molar-refractivity contribution in [2.75, 3.05) is 31.2 Å². The number of fused-ring (bicyclic) bond motifs is 1. The highest BCUT2D eigenvalue weighted by atomic mass is 19.4. The molecule has 140 valence electrons. The molecule has 0 aromatic carbocycles. The first-order valence-electron chi connectivity index (χ1n) is 8.48. The number of alkyl halides is 3. The lowest BCUT2D eigenvalue weighted by Gasteiger charge is -2.27. The zero-order valence-corrected chi connectivity index (χ0v) is 14.8. The zero-order valence-electron chi connectivity index (χ0n) is 14.8. The van der Waals surface area contributed by atoms with Crippen LogP contribution in [0.4, 0.5) is 19.1 Å². The van der Waals surface area contributed by atoms with E-state index in [-0.39, 0.29) is 6.42 Å². The lowest BCUT2D eigenvalue weighted by Crippen LogP contribution is -2.37. The molecular weight excluding hydrogens is 345 g/mol. The highest BCUT2D eigenvalue weighted by Gasteiger charge is 2.36. The van der Waals surface area contributed by atoms with Gasteiger partial charge in [0.05, 0.1) is 24.8 Å². The molecule has 8 heteroatoms. The lowest BCUT2D eigenvalue weighted by molar-refractivity contribution is -0.167. The van der Waals surface area contributed by atoms with Gasteiger partial charge < -0.3 is 9.64 Å². The predicted octanol–water partition coefficient (Wildman–Crippen LogP) is 3.77. The van der Waals surface area contributed by atoms with E-state index in [1.807, 2.05) is 11.8 Å². The number of aryl methyl sites for hydroxylation is 1. The highest BCUT2D eigenvalue weighted by molar-refractivity contribution is 5.88. The number of anilines is 1. The molecule has 1 aliphatic heterocycles. The van der Waals surface area contributed by atoms with Gasteiger partial charge in [0.2, 0.25) is 5.95 Å². The Balaban J connectivity index is 2.02. The molecular formula is C18H21F3N4O. The third-order valence-corrected chi connectivity index (χ3v) is 4.43. The van der Waals surface area contributed by atoms with Crippen molar-refractivity contribution in [1.82, 2.24) is 15.0 Å². The minimum Gasteiger partial charge on any atom is -0.378 e. The number of nitrogens with zero attached hydrogens (tertiary/aromatic N) is 4. The average Bonchev–Trinajstić information content (AvgIpc) is 2.60. The minimum absolute atomic E-state index is 0.216. The largest absolute Gasteiger partial charge is 0.391 e. The molecule has 26 heavy (non-hydrogen) atoms. The van der Waals surface area contributed by atoms with Crippen LogP contribution in [0.1, 0.15) is 24.7 Å². The molecule has 2 aromatic rings. The normalized spacial score (nSPS) is 16.7. The fraction of sp³-hybridized carbons (Fsp3) is 0.500. The van der Waals surface area contributed by atoms with E-state index in [9.17, 15) is 13.2 Å². The first-order chi connectivity index (χ1) is 12.3. The summed E-state index contributed by atoms with van der Waals surface area (Å²) >= 11 is 0. The summed E-state index contributed by atoms with van der Waals surface area (Å²) in [5.41, 5.74) is 2.02. The van der Waals surface area contributed by atoms with Crippen molar-refractivity contribution >= 4 is 22.6 Å². The molecule has 5 nitrogen and oxygen atoms in total. The van der Waals surface area contributed by atoms with E-state index >= 15 is 0 Å². The van der Waals surface area contributed by atoms with Crippen LogP contribution in [0.2, 0.25) is 0 Å². The summed E-state index contributed by atoms with van der Waals surface area (Å²) in [4.78, 5) is 15.4. The van der Waals surface area contributed by atoms with Crippen molar-refractivity contribution in [3.8, 4) is 0 Å². The van der Waals surface area contributed by atoms with Gasteiger partial charge in [0.25, 0.3) is 0 Å². The summed E-state index contributed by atoms with van der Waals surface area (Å²) < 4.78 is 44.2. The number of allylic oxidation sites excluding steroid dienone is 1. The van der Waals surface area contributed by atoms with Crippen LogP contribution in [0.25, 0.3) is 16.6 Å². The number of morpholine rings is 1. The Kier molecular flexibility index (Phi) is 5.13. The van der Waals surface area contributed by atoms with Crippen LogP contribution in [0.5, 0.6) is 0 Å². The Morgan fingerprint density at radius 1 is 1.23 bits per heavy atom. The van der Waals surface area contributed by atoms with Crippen LogP contribution in [0.15, 0.2) is 18.7 Å². The van der Waals surface area contributed by atoms with Crippen molar-refractivity contribution in [1.29, 1.82) is 0 Å². The van der Waals surface area contributed by atoms with Crippen molar-refractivity contribution < 1.29 is 17.9 Å². The fourth-order valence-electron chi connectivity index (χ4n) is 2.85. The van der Waals surface area contributed by atoms with Crippen LogP contribution in [-0.4, -0.2) is 47.4 Å². The number of rotatable bonds is 4. The van der Waals surface area contributed by atoms with Gasteiger partial charge in [0, 0.05) is 24.2 Å². The number of halogens is 3. The Morgan fingerprint density at radius 2 is 1.92 bits per heavy atom. The van der Waals surface area contributed by atoms with Crippen LogP contribution in [-0.2, 0) is 4.74 Å². The molecule has 1 atom stereocenters. The molecule has 2 aromatic heterocycles. The van der Waals surface area contributed by atoms with Crippen molar-refractivity contribution in [2.24, 2.45) is 5.92 Å². The van der Waals surface area contributed by atoms with Gasteiger partial charge in [-0.3, -0.25) is 0 Å². The molecule has 1 unspecified atom stereocenters. The second-order valence-electron chi connectivity index (χ2n) is 6.55. The van der Waals surface area contributed by atoms with Gasteiger partial charge in [-0.25, -0.2) is 9.97 Å². The molecule has 0 spiro atoms. The second kappa shape index (κ2) is 7.19. The van der Waals surface area contributed by atoms with Crippen LogP contribution >= 0.6 is 0 Å². The molecule has 0 bridgehead atoms. The van der Waals surface area contributed by atoms with Gasteiger partial charge >= 0.3 is 6.18 Å². The molecule has 0 amide bonds. The topological polar surface area (TPSA) is 51.1 Å². The van der Waals surface area contributed by atoms with E-state index < -0.39 is 12.1 Å². The van der Waals surface area contributed by atoms with Crippen molar-refractivity contribution in [3.05, 3.63) is 30.1 Å². The van der Waals surface area contributed by atoms with Gasteiger partial charge in [-0.15, -0.1) is 0 Å². The molecule has 3 heterocycles. The van der Waals surface area contributed by atoms with Crippen LogP contribution < -0.4 is 4.90 Å². The van der Waals surface area contributed by atoms with Crippen LogP contribution in [0, 0.1) is 12.8 Å². The van der Waals surface area contributed by atoms with E-state index in [1.165, 1.54) is 0 Å². The summed E-state index contributed by atoms with van der Waals surface area (Å²) in [6.45, 7) is 9.25. The van der Waals surface area contributed by atoms with Crippen molar-refractivity contribution in [2.45, 2.75) is 26.4 Å². The van der Waals surface area contributed by atoms with Crippen molar-refractivity contribution in [3.63, 3.8) is 0 Å². The van der Waals surface area contributed by atoms with Gasteiger partial charge in [0.15, 0.2) is 5.65 Å². The van der Waals surface area contributed by atoms with E-state index in [4.69, 9.17) is 4.74 Å². The summed E-state index contributed by atoms with van der Waals surface area (Å²) in [6, 6.07) is 3.59. The molecule has 1 saturated heterocycles. The van der Waals surface area contributed by atoms with E-state index in [1.54, 1.807) is 12.1 Å². The Bertz CT molecular complexity index is 816. The van der Waals surface area contributed by atoms with Gasteiger partial charge in [-0.1, -0.05) is 13.5 Å². The average molecular weight is 366 g/mol. The molecule has 0 radical (unpaired) electrons. The van der Waals surface area contributed by atoms with Gasteiger partial charge in [-0.05, 0) is 31.1 Å². The Labute approximate surface area is 149 Å². The smallest absolute Gasteiger partial charge is 0.378 e. The van der Waals surface area contributed by atoms with E-state index in [0.29, 0.717) is 54.6 Å². The molecule has 0 aliphatic carbocycles. The summed E-state index contributed by atoms with van der Waals surface area (Å²) in [6.07, 6.45) is -4.49. The predicted molar refractivity (Wildman–Crippen MR) is 94.0 cm³/mol. The maximum atomic E-state index is 13.0. The summed E-state index contributed by atoms with van der Waals surface area (Å²) in [5.74, 6) is -1.04. The lowest BCUT2D eigenvalue weighted by atomic mass is 9.98. The zero-order chi connectivity index (χ0) is 18.9. The Morgan fingerprint density at radius 3 is 2.58 bits per heavy atom. The second-order valence-corrected chi connectivity index (χ2v) is 6.55. The molecule has 3 rings (SSSR count). The standard InChI is InChI=1S/C18H21F3N4O/c1-11(10-12(2)18(19,20)21)15-14-5-4-13(3)22-16(14)24-17(23-15)25-6-8-26-9-7-25/h4-5,12H,1,6-10H2,2-3H3. The van der Waals surface area contributed by atoms with E-state index in [2.05, 4.69) is 21.5 Å². The number of aromatic nitrogens is 3. The third kappa shape index (κ3) is 3.95. The number of hydrogen-bond donors (Lipinski definition) is 0. The number of pyridine rings is 1. The molecule has 0 N–H and O–H groups in total. The van der Waals surface area contributed by atoms with E-state index in [0.717, 1.165) is 12.6 Å². The van der Waals surface area contributed by atoms with Gasteiger partial charge in [0.1, 0.15) is 0 Å². The molecule has 1 fully saturated rings. The summed E-state index contributed by atoms with van der Waals surface area (Å²) in [7, 11) is 0. The quantitative estimate of drug-likeness (QED) is 0.824. The number of ether oxygens (including phenoxy) is 1. The SMILES string of the molecule is C=C(CC(C)C(F)(F)F)c1nc(N2CCOCC2)nc2nc(C)ccc12. The molecule has 1 aliphatic rings. The maximum Gasteiger partial charge on any atom is 0.391 e. The van der Waals surface area contributed by atoms with Crippen LogP contribution in [0.3, 0.4) is 0 Å².